The lowest BCUT2D eigenvalue weighted by molar-refractivity contribution is -0.136. The van der Waals surface area contributed by atoms with Crippen molar-refractivity contribution in [3.05, 3.63) is 24.3 Å². The second-order valence-electron chi connectivity index (χ2n) is 7.06. The predicted molar refractivity (Wildman–Crippen MR) is 109 cm³/mol. The largest absolute Gasteiger partial charge is 0.494 e. The summed E-state index contributed by atoms with van der Waals surface area (Å²) in [6.45, 7) is 4.01. The molecule has 1 heterocycles. The smallest absolute Gasteiger partial charge is 0.222 e. The van der Waals surface area contributed by atoms with Gasteiger partial charge in [-0.05, 0) is 55.9 Å². The van der Waals surface area contributed by atoms with Crippen LogP contribution in [0.25, 0.3) is 0 Å². The van der Waals surface area contributed by atoms with Gasteiger partial charge in [-0.2, -0.15) is 0 Å². The third kappa shape index (κ3) is 6.97. The molecule has 0 spiro atoms. The van der Waals surface area contributed by atoms with Crippen LogP contribution in [-0.2, 0) is 14.6 Å². The molecule has 0 aliphatic carbocycles. The van der Waals surface area contributed by atoms with Crippen LogP contribution in [0, 0.1) is 5.92 Å². The Bertz CT molecular complexity index is 694. The molecule has 27 heavy (non-hydrogen) atoms. The molecule has 2 rings (SSSR count). The van der Waals surface area contributed by atoms with Crippen LogP contribution in [0.15, 0.2) is 29.2 Å². The number of nitrogens with zero attached hydrogens (tertiary/aromatic N) is 1. The summed E-state index contributed by atoms with van der Waals surface area (Å²) in [5, 5.41) is 0. The first kappa shape index (κ1) is 23.7. The summed E-state index contributed by atoms with van der Waals surface area (Å²) in [5.41, 5.74) is 5.85. The number of amides is 1. The van der Waals surface area contributed by atoms with Gasteiger partial charge in [0, 0.05) is 31.8 Å². The van der Waals surface area contributed by atoms with Crippen molar-refractivity contribution in [2.75, 3.05) is 26.0 Å². The van der Waals surface area contributed by atoms with Crippen molar-refractivity contribution in [2.45, 2.75) is 50.0 Å². The highest BCUT2D eigenvalue weighted by molar-refractivity contribution is 7.90. The third-order valence-electron chi connectivity index (χ3n) is 4.98. The SMILES string of the molecule is CC1CCCN(C(=O)CCCCOc2ccc(S(C)(=O)=O)cc2)C1CN.Cl. The highest BCUT2D eigenvalue weighted by atomic mass is 35.5. The van der Waals surface area contributed by atoms with E-state index >= 15 is 0 Å². The van der Waals surface area contributed by atoms with Crippen LogP contribution in [0.1, 0.15) is 39.0 Å². The highest BCUT2D eigenvalue weighted by Gasteiger charge is 2.30. The molecule has 1 amide bonds. The minimum atomic E-state index is -3.19. The van der Waals surface area contributed by atoms with Gasteiger partial charge in [0.2, 0.25) is 5.91 Å². The molecule has 0 bridgehead atoms. The third-order valence-corrected chi connectivity index (χ3v) is 6.11. The van der Waals surface area contributed by atoms with Crippen molar-refractivity contribution in [1.82, 2.24) is 4.90 Å². The van der Waals surface area contributed by atoms with E-state index in [0.717, 1.165) is 32.2 Å². The molecule has 2 N–H and O–H groups in total. The zero-order valence-corrected chi connectivity index (χ0v) is 17.7. The molecule has 1 aromatic carbocycles. The molecule has 0 saturated carbocycles. The van der Waals surface area contributed by atoms with Gasteiger partial charge in [0.25, 0.3) is 0 Å². The molecule has 2 unspecified atom stereocenters. The van der Waals surface area contributed by atoms with Crippen molar-refractivity contribution in [3.8, 4) is 5.75 Å². The molecular formula is C19H31ClN2O4S. The average Bonchev–Trinajstić information content (AvgIpc) is 2.60. The Balaban J connectivity index is 0.00000364. The van der Waals surface area contributed by atoms with Gasteiger partial charge in [-0.3, -0.25) is 4.79 Å². The maximum atomic E-state index is 12.5. The lowest BCUT2D eigenvalue weighted by Crippen LogP contribution is -2.51. The van der Waals surface area contributed by atoms with E-state index in [-0.39, 0.29) is 29.3 Å². The summed E-state index contributed by atoms with van der Waals surface area (Å²) in [7, 11) is -3.19. The van der Waals surface area contributed by atoms with Crippen LogP contribution in [0.5, 0.6) is 5.75 Å². The molecule has 0 aromatic heterocycles. The maximum absolute atomic E-state index is 12.5. The molecule has 1 aliphatic heterocycles. The molecular weight excluding hydrogens is 388 g/mol. The van der Waals surface area contributed by atoms with Crippen molar-refractivity contribution < 1.29 is 17.9 Å². The van der Waals surface area contributed by atoms with Crippen LogP contribution < -0.4 is 10.5 Å². The fourth-order valence-electron chi connectivity index (χ4n) is 3.41. The Morgan fingerprint density at radius 1 is 1.26 bits per heavy atom. The monoisotopic (exact) mass is 418 g/mol. The summed E-state index contributed by atoms with van der Waals surface area (Å²) >= 11 is 0. The summed E-state index contributed by atoms with van der Waals surface area (Å²) in [6.07, 6.45) is 5.42. The summed E-state index contributed by atoms with van der Waals surface area (Å²) < 4.78 is 28.5. The van der Waals surface area contributed by atoms with Crippen LogP contribution in [-0.4, -0.2) is 51.2 Å². The number of carbonyl (C=O) groups excluding carboxylic acids is 1. The highest BCUT2D eigenvalue weighted by Crippen LogP contribution is 2.23. The van der Waals surface area contributed by atoms with E-state index in [9.17, 15) is 13.2 Å². The van der Waals surface area contributed by atoms with E-state index in [0.29, 0.717) is 31.2 Å². The molecule has 1 aromatic rings. The number of hydrogen-bond donors (Lipinski definition) is 1. The predicted octanol–water partition coefficient (Wildman–Crippen LogP) is 2.65. The Kier molecular flexibility index (Phi) is 9.56. The number of halogens is 1. The van der Waals surface area contributed by atoms with Crippen LogP contribution in [0.2, 0.25) is 0 Å². The van der Waals surface area contributed by atoms with Gasteiger partial charge in [-0.1, -0.05) is 6.92 Å². The lowest BCUT2D eigenvalue weighted by atomic mass is 9.90. The topological polar surface area (TPSA) is 89.7 Å². The van der Waals surface area contributed by atoms with E-state index < -0.39 is 9.84 Å². The molecule has 1 aliphatic rings. The van der Waals surface area contributed by atoms with Gasteiger partial charge in [0.1, 0.15) is 5.75 Å². The Labute approximate surface area is 168 Å². The minimum Gasteiger partial charge on any atom is -0.494 e. The number of likely N-dealkylation sites (tertiary alicyclic amines) is 1. The summed E-state index contributed by atoms with van der Waals surface area (Å²) in [5.74, 6) is 1.29. The number of nitrogens with two attached hydrogens (primary N) is 1. The normalized spacial score (nSPS) is 20.0. The van der Waals surface area contributed by atoms with Gasteiger partial charge in [0.15, 0.2) is 9.84 Å². The second kappa shape index (κ2) is 10.9. The average molecular weight is 419 g/mol. The number of carbonyl (C=O) groups is 1. The quantitative estimate of drug-likeness (QED) is 0.655. The van der Waals surface area contributed by atoms with Gasteiger partial charge in [-0.25, -0.2) is 8.42 Å². The first-order valence-corrected chi connectivity index (χ1v) is 11.1. The Hall–Kier alpha value is -1.31. The van der Waals surface area contributed by atoms with E-state index in [1.807, 2.05) is 4.90 Å². The number of piperidine rings is 1. The molecule has 8 heteroatoms. The number of sulfone groups is 1. The van der Waals surface area contributed by atoms with Gasteiger partial charge in [0.05, 0.1) is 11.5 Å². The van der Waals surface area contributed by atoms with E-state index in [4.69, 9.17) is 10.5 Å². The number of unbranched alkanes of at least 4 members (excludes halogenated alkanes) is 1. The molecule has 1 fully saturated rings. The lowest BCUT2D eigenvalue weighted by Gasteiger charge is -2.39. The fraction of sp³-hybridized carbons (Fsp3) is 0.632. The number of hydrogen-bond acceptors (Lipinski definition) is 5. The molecule has 2 atom stereocenters. The van der Waals surface area contributed by atoms with Crippen molar-refractivity contribution in [3.63, 3.8) is 0 Å². The van der Waals surface area contributed by atoms with Gasteiger partial charge < -0.3 is 15.4 Å². The van der Waals surface area contributed by atoms with Crippen molar-refractivity contribution in [2.24, 2.45) is 11.7 Å². The summed E-state index contributed by atoms with van der Waals surface area (Å²) in [6, 6.07) is 6.56. The zero-order valence-electron chi connectivity index (χ0n) is 16.1. The Morgan fingerprint density at radius 2 is 1.93 bits per heavy atom. The summed E-state index contributed by atoms with van der Waals surface area (Å²) in [4.78, 5) is 14.7. The van der Waals surface area contributed by atoms with Crippen LogP contribution in [0.3, 0.4) is 0 Å². The first-order valence-electron chi connectivity index (χ1n) is 9.25. The Morgan fingerprint density at radius 3 is 2.52 bits per heavy atom. The first-order chi connectivity index (χ1) is 12.3. The van der Waals surface area contributed by atoms with E-state index in [2.05, 4.69) is 6.92 Å². The molecule has 154 valence electrons. The van der Waals surface area contributed by atoms with E-state index in [1.165, 1.54) is 6.26 Å². The van der Waals surface area contributed by atoms with E-state index in [1.54, 1.807) is 24.3 Å². The minimum absolute atomic E-state index is 0. The van der Waals surface area contributed by atoms with Gasteiger partial charge in [-0.15, -0.1) is 12.4 Å². The van der Waals surface area contributed by atoms with Gasteiger partial charge >= 0.3 is 0 Å². The number of benzene rings is 1. The number of rotatable bonds is 8. The van der Waals surface area contributed by atoms with Crippen molar-refractivity contribution >= 4 is 28.2 Å². The van der Waals surface area contributed by atoms with Crippen LogP contribution >= 0.6 is 12.4 Å². The maximum Gasteiger partial charge on any atom is 0.222 e. The zero-order chi connectivity index (χ0) is 19.2. The molecule has 1 saturated heterocycles. The fourth-order valence-corrected chi connectivity index (χ4v) is 4.04. The number of ether oxygens (including phenoxy) is 1. The second-order valence-corrected chi connectivity index (χ2v) is 9.07. The van der Waals surface area contributed by atoms with Crippen molar-refractivity contribution in [1.29, 1.82) is 0 Å². The molecule has 6 nitrogen and oxygen atoms in total. The molecule has 0 radical (unpaired) electrons. The standard InChI is InChI=1S/C19H30N2O4S.ClH/c1-15-6-5-12-21(18(15)14-20)19(22)7-3-4-13-25-16-8-10-17(11-9-16)26(2,23)24;/h8-11,15,18H,3-7,12-14,20H2,1-2H3;1H. The van der Waals surface area contributed by atoms with Crippen LogP contribution in [0.4, 0.5) is 0 Å².